The average molecular weight is 1210 g/mol. The highest BCUT2D eigenvalue weighted by atomic mass is 28.5. The molecule has 0 aliphatic rings. The van der Waals surface area contributed by atoms with E-state index >= 15 is 0 Å². The summed E-state index contributed by atoms with van der Waals surface area (Å²) in [5.41, 5.74) is -2.75. The van der Waals surface area contributed by atoms with Gasteiger partial charge in [0, 0.05) is 36.1 Å². The van der Waals surface area contributed by atoms with Gasteiger partial charge < -0.3 is 27.0 Å². The van der Waals surface area contributed by atoms with Crippen molar-refractivity contribution in [1.82, 2.24) is 16.0 Å². The second-order valence-electron chi connectivity index (χ2n) is 23.1. The number of carboxylic acid groups (broad SMARTS) is 2. The zero-order chi connectivity index (χ0) is 61.2. The van der Waals surface area contributed by atoms with Crippen LogP contribution in [-0.4, -0.2) is 103 Å². The van der Waals surface area contributed by atoms with E-state index in [1.54, 1.807) is 50.0 Å². The van der Waals surface area contributed by atoms with E-state index in [0.29, 0.717) is 18.4 Å². The van der Waals surface area contributed by atoms with Crippen LogP contribution in [-0.2, 0) is 35.9 Å². The van der Waals surface area contributed by atoms with Crippen molar-refractivity contribution in [3.05, 3.63) is 71.3 Å². The van der Waals surface area contributed by atoms with Crippen LogP contribution >= 0.6 is 0 Å². The lowest BCUT2D eigenvalue weighted by molar-refractivity contribution is -0.144. The highest BCUT2D eigenvalue weighted by Crippen LogP contribution is 2.28. The minimum absolute atomic E-state index is 0.0219. The molecular formula is C60H99N3O15Si4. The lowest BCUT2D eigenvalue weighted by atomic mass is 9.96. The number of ketones is 1. The molecule has 0 radical (unpaired) electrons. The fraction of sp³-hybridized carbons (Fsp3) is 0.650. The summed E-state index contributed by atoms with van der Waals surface area (Å²) in [6, 6.07) is 14.0. The first kappa shape index (κ1) is 73.3. The van der Waals surface area contributed by atoms with Crippen LogP contribution in [0.2, 0.25) is 39.3 Å². The molecule has 0 spiro atoms. The summed E-state index contributed by atoms with van der Waals surface area (Å²) in [5.74, 6) is -7.85. The van der Waals surface area contributed by atoms with Crippen molar-refractivity contribution in [2.45, 2.75) is 233 Å². The van der Waals surface area contributed by atoms with Crippen LogP contribution in [0.5, 0.6) is 0 Å². The number of rotatable bonds is 45. The van der Waals surface area contributed by atoms with Crippen molar-refractivity contribution >= 4 is 86.0 Å². The van der Waals surface area contributed by atoms with Gasteiger partial charge in [-0.2, -0.15) is 0 Å². The van der Waals surface area contributed by atoms with Crippen LogP contribution in [0.4, 0.5) is 14.4 Å². The van der Waals surface area contributed by atoms with Crippen molar-refractivity contribution in [1.29, 1.82) is 0 Å². The van der Waals surface area contributed by atoms with E-state index in [4.69, 9.17) is 16.8 Å². The number of unbranched alkanes of at least 4 members (excludes halogenated alkanes) is 22. The Labute approximate surface area is 493 Å². The predicted molar refractivity (Wildman–Crippen MR) is 328 cm³/mol. The maximum absolute atomic E-state index is 14.7. The normalized spacial score (nSPS) is 14.5. The molecular weight excluding hydrogens is 1120 g/mol. The molecule has 0 aromatic heterocycles. The molecule has 0 aliphatic carbocycles. The molecule has 0 saturated heterocycles. The molecule has 2 aromatic carbocycles. The Kier molecular flexibility index (Phi) is 34.8. The number of aliphatic carboxylic acids is 2. The van der Waals surface area contributed by atoms with E-state index < -0.39 is 105 Å². The molecule has 0 aliphatic heterocycles. The zero-order valence-electron chi connectivity index (χ0n) is 50.9. The second kappa shape index (κ2) is 38.9. The number of hydrogen-bond donors (Lipinski definition) is 5. The summed E-state index contributed by atoms with van der Waals surface area (Å²) >= 11 is 0. The maximum Gasteiger partial charge on any atom is 0.425 e. The molecule has 5 atom stereocenters. The molecule has 82 heavy (non-hydrogen) atoms. The number of carbonyl (C=O) groups is 9. The molecule has 0 heterocycles. The molecule has 22 heteroatoms. The summed E-state index contributed by atoms with van der Waals surface area (Å²) in [4.78, 5) is 123. The Morgan fingerprint density at radius 1 is 0.439 bits per heavy atom. The van der Waals surface area contributed by atoms with Gasteiger partial charge in [-0.15, -0.1) is 0 Å². The number of nitrogens with one attached hydrogen (secondary N) is 3. The first-order chi connectivity index (χ1) is 38.8. The van der Waals surface area contributed by atoms with Crippen molar-refractivity contribution in [3.8, 4) is 0 Å². The van der Waals surface area contributed by atoms with Crippen LogP contribution in [0.25, 0.3) is 0 Å². The van der Waals surface area contributed by atoms with Crippen LogP contribution in [0.1, 0.15) is 220 Å². The van der Waals surface area contributed by atoms with E-state index in [1.165, 1.54) is 114 Å². The third-order valence-corrected chi connectivity index (χ3v) is 28.3. The van der Waals surface area contributed by atoms with Crippen LogP contribution in [0, 0.1) is 11.8 Å². The smallest absolute Gasteiger partial charge is 0.425 e. The Morgan fingerprint density at radius 2 is 0.817 bits per heavy atom. The van der Waals surface area contributed by atoms with Gasteiger partial charge in [0.1, 0.15) is 0 Å². The number of imide groups is 3. The van der Waals surface area contributed by atoms with Crippen molar-refractivity contribution in [2.24, 2.45) is 11.8 Å². The lowest BCUT2D eigenvalue weighted by Crippen LogP contribution is -2.71. The fourth-order valence-electron chi connectivity index (χ4n) is 9.71. The van der Waals surface area contributed by atoms with E-state index in [9.17, 15) is 53.4 Å². The fourth-order valence-corrected chi connectivity index (χ4v) is 24.8. The molecule has 0 bridgehead atoms. The number of carboxylic acids is 2. The van der Waals surface area contributed by atoms with Gasteiger partial charge in [0.05, 0.1) is 12.3 Å². The van der Waals surface area contributed by atoms with Gasteiger partial charge in [0.2, 0.25) is 11.8 Å². The number of benzene rings is 2. The van der Waals surface area contributed by atoms with Gasteiger partial charge in [-0.1, -0.05) is 210 Å². The van der Waals surface area contributed by atoms with Crippen LogP contribution < -0.4 is 16.0 Å². The SMILES string of the molecule is CCCCCCCCCCCCCCC(CC(=O)NC(=O)[Si](C)(O[Si](C)(OC)C(=O)NC(=O)c1ccc(C(=O)c2ccccc2)cc1)O[Si](C)(O[Si](C)(C)C)C(=O)NC(=O)C(CCCCCCCCCCCCCC)CC(=O)O)C(=O)O. The van der Waals surface area contributed by atoms with Gasteiger partial charge in [-0.3, -0.25) is 59.1 Å². The van der Waals surface area contributed by atoms with Crippen LogP contribution in [0.15, 0.2) is 54.6 Å². The molecule has 460 valence electrons. The average Bonchev–Trinajstić information content (AvgIpc) is 3.58. The Bertz CT molecular complexity index is 2320. The number of amides is 6. The molecule has 6 amide bonds. The first-order valence-corrected chi connectivity index (χ1v) is 40.5. The van der Waals surface area contributed by atoms with Crippen LogP contribution in [0.3, 0.4) is 0 Å². The molecule has 0 saturated carbocycles. The topological polar surface area (TPSA) is 267 Å². The predicted octanol–water partition coefficient (Wildman–Crippen LogP) is 14.1. The first-order valence-electron chi connectivity index (χ1n) is 30.2. The summed E-state index contributed by atoms with van der Waals surface area (Å²) in [6.07, 6.45) is 24.9. The van der Waals surface area contributed by atoms with Crippen molar-refractivity contribution in [3.63, 3.8) is 0 Å². The molecule has 5 N–H and O–H groups in total. The van der Waals surface area contributed by atoms with E-state index in [0.717, 1.165) is 77.9 Å². The standard InChI is InChI=1S/C60H99N3O15Si4/c1-10-12-14-16-18-20-22-24-26-28-30-33-39-50(46-53(65)66)56(69)63-60(74)81(8,76-79(4,5)6)78-82(9,58(72)61-52(64)45-51(57(70)71)40-34-31-29-27-25-23-21-19-17-15-13-11-2)77-80(7,75-3)59(73)62-55(68)49-43-41-48(42-44-49)54(67)47-37-35-32-36-38-47/h32,35-38,41-44,50-51H,10-31,33-34,39-40,45-46H2,1-9H3,(H,65,66)(H,70,71)(H,61,64,72)(H,62,68,73)(H,63,69,74). The highest BCUT2D eigenvalue weighted by molar-refractivity contribution is 7.13. The lowest BCUT2D eigenvalue weighted by Gasteiger charge is -2.40. The zero-order valence-corrected chi connectivity index (χ0v) is 54.9. The third-order valence-electron chi connectivity index (χ3n) is 14.5. The largest absolute Gasteiger partial charge is 0.481 e. The minimum atomic E-state index is -5.01. The van der Waals surface area contributed by atoms with Gasteiger partial charge in [-0.05, 0) is 64.3 Å². The highest BCUT2D eigenvalue weighted by Gasteiger charge is 2.60. The Hall–Kier alpha value is -4.82. The van der Waals surface area contributed by atoms with Crippen molar-refractivity contribution in [2.75, 3.05) is 7.11 Å². The van der Waals surface area contributed by atoms with Gasteiger partial charge in [-0.25, -0.2) is 0 Å². The molecule has 2 aromatic rings. The summed E-state index contributed by atoms with van der Waals surface area (Å²) in [5, 5.41) is 26.8. The van der Waals surface area contributed by atoms with Gasteiger partial charge >= 0.3 is 37.6 Å². The summed E-state index contributed by atoms with van der Waals surface area (Å²) in [6.45, 7) is 13.2. The van der Waals surface area contributed by atoms with Crippen molar-refractivity contribution < 1.29 is 70.1 Å². The van der Waals surface area contributed by atoms with E-state index in [2.05, 4.69) is 29.8 Å². The Balaban J connectivity index is 2.40. The van der Waals surface area contributed by atoms with Gasteiger partial charge in [0.15, 0.2) is 14.1 Å². The number of carbonyl (C=O) groups excluding carboxylic acids is 7. The monoisotopic (exact) mass is 1210 g/mol. The minimum Gasteiger partial charge on any atom is -0.481 e. The molecule has 5 unspecified atom stereocenters. The summed E-state index contributed by atoms with van der Waals surface area (Å²) in [7, 11) is -16.1. The quantitative estimate of drug-likeness (QED) is 0.0234. The number of hydrogen-bond acceptors (Lipinski definition) is 13. The molecule has 0 fully saturated rings. The van der Waals surface area contributed by atoms with E-state index in [-0.39, 0.29) is 29.8 Å². The molecule has 18 nitrogen and oxygen atoms in total. The Morgan fingerprint density at radius 3 is 1.24 bits per heavy atom. The van der Waals surface area contributed by atoms with E-state index in [1.807, 2.05) is 0 Å². The maximum atomic E-state index is 14.7. The second-order valence-corrected chi connectivity index (χ2v) is 37.2. The summed E-state index contributed by atoms with van der Waals surface area (Å²) < 4.78 is 25.1. The van der Waals surface area contributed by atoms with Gasteiger partial charge in [0.25, 0.3) is 22.5 Å². The third kappa shape index (κ3) is 28.6. The molecule has 2 rings (SSSR count).